The summed E-state index contributed by atoms with van der Waals surface area (Å²) in [5, 5.41) is 0.502. The summed E-state index contributed by atoms with van der Waals surface area (Å²) in [5.74, 6) is 6.60. The molecule has 53 heavy (non-hydrogen) atoms. The molecule has 0 aromatic heterocycles. The van der Waals surface area contributed by atoms with Gasteiger partial charge in [0, 0.05) is 49.9 Å². The number of para-hydroxylation sites is 1. The lowest BCUT2D eigenvalue weighted by Crippen LogP contribution is -2.38. The molecule has 0 aliphatic carbocycles. The molecule has 2 aromatic carbocycles. The minimum Gasteiger partial charge on any atom is -0.378 e. The molecule has 0 spiro atoms. The van der Waals surface area contributed by atoms with E-state index in [0.29, 0.717) is 37.1 Å². The number of hydrogen-bond donors (Lipinski definition) is 0. The highest BCUT2D eigenvalue weighted by Crippen LogP contribution is 2.26. The predicted molar refractivity (Wildman–Crippen MR) is 191 cm³/mol. The van der Waals surface area contributed by atoms with Crippen molar-refractivity contribution in [2.24, 2.45) is 0 Å². The van der Waals surface area contributed by atoms with Gasteiger partial charge in [-0.05, 0) is 23.8 Å². The zero-order valence-corrected chi connectivity index (χ0v) is 29.8. The van der Waals surface area contributed by atoms with Gasteiger partial charge < -0.3 is 38.3 Å². The van der Waals surface area contributed by atoms with Crippen LogP contribution in [0.1, 0.15) is 48.8 Å². The number of hydroxylamine groups is 2. The van der Waals surface area contributed by atoms with Crippen molar-refractivity contribution in [1.29, 1.82) is 0 Å². The maximum Gasteiger partial charge on any atom is 0.335 e. The molecule has 4 amide bonds. The fourth-order valence-corrected chi connectivity index (χ4v) is 5.28. The highest BCUT2D eigenvalue weighted by atomic mass is 16.7. The molecule has 1 fully saturated rings. The third-order valence-electron chi connectivity index (χ3n) is 8.04. The molecule has 282 valence electrons. The molecule has 0 atom stereocenters. The molecule has 2 aliphatic rings. The zero-order valence-electron chi connectivity index (χ0n) is 29.8. The molecule has 4 rings (SSSR count). The van der Waals surface area contributed by atoms with Crippen LogP contribution in [0.4, 0.5) is 5.69 Å². The molecule has 0 unspecified atom stereocenters. The van der Waals surface area contributed by atoms with Crippen LogP contribution >= 0.6 is 0 Å². The lowest BCUT2D eigenvalue weighted by Gasteiger charge is -2.27. The molecule has 14 heteroatoms. The standard InChI is InChI=1S/C39H45N3O11/c1-2-20-48-24-26-50-22-18-40(19-23-51-27-29-52-28-25-49-21-17-39(47)53-42-37(45)15-16-38(42)46)35(43)13-14-36(44)41-30-33-9-4-3-7-31(33)11-12-32-8-5-6-10-34(32)41/h1,3-10H,13-30H2. The number of ether oxygens (including phenoxy) is 5. The van der Waals surface area contributed by atoms with Crippen LogP contribution in [0, 0.1) is 24.2 Å². The Morgan fingerprint density at radius 2 is 1.26 bits per heavy atom. The van der Waals surface area contributed by atoms with Crippen LogP contribution in [0.25, 0.3) is 0 Å². The van der Waals surface area contributed by atoms with Gasteiger partial charge in [0.05, 0.1) is 78.1 Å². The largest absolute Gasteiger partial charge is 0.378 e. The zero-order chi connectivity index (χ0) is 37.7. The first-order valence-corrected chi connectivity index (χ1v) is 17.5. The topological polar surface area (TPSA) is 150 Å². The Balaban J connectivity index is 1.17. The number of rotatable bonds is 23. The van der Waals surface area contributed by atoms with Crippen molar-refractivity contribution in [1.82, 2.24) is 9.96 Å². The van der Waals surface area contributed by atoms with Gasteiger partial charge in [-0.3, -0.25) is 19.2 Å². The highest BCUT2D eigenvalue weighted by Gasteiger charge is 2.32. The normalized spacial score (nSPS) is 13.3. The first-order valence-electron chi connectivity index (χ1n) is 17.5. The van der Waals surface area contributed by atoms with Crippen molar-refractivity contribution >= 4 is 35.3 Å². The van der Waals surface area contributed by atoms with Gasteiger partial charge in [-0.1, -0.05) is 48.1 Å². The maximum atomic E-state index is 13.7. The number of benzene rings is 2. The van der Waals surface area contributed by atoms with E-state index < -0.39 is 17.8 Å². The molecular formula is C39H45N3O11. The third kappa shape index (κ3) is 13.8. The SMILES string of the molecule is C#CCOCCOCCN(CCOCCOCCOCCC(=O)ON1C(=O)CCC1=O)C(=O)CCC(=O)N1Cc2ccccc2C#Cc2ccccc21. The van der Waals surface area contributed by atoms with Crippen molar-refractivity contribution in [3.05, 3.63) is 65.2 Å². The lowest BCUT2D eigenvalue weighted by atomic mass is 10.0. The van der Waals surface area contributed by atoms with Crippen molar-refractivity contribution in [2.75, 3.05) is 84.1 Å². The molecule has 0 radical (unpaired) electrons. The van der Waals surface area contributed by atoms with E-state index in [4.69, 9.17) is 34.9 Å². The van der Waals surface area contributed by atoms with Gasteiger partial charge in [0.15, 0.2) is 0 Å². The summed E-state index contributed by atoms with van der Waals surface area (Å²) >= 11 is 0. The van der Waals surface area contributed by atoms with Crippen LogP contribution in [-0.4, -0.2) is 119 Å². The fraction of sp³-hybridized carbons (Fsp3) is 0.462. The monoisotopic (exact) mass is 731 g/mol. The maximum absolute atomic E-state index is 13.7. The van der Waals surface area contributed by atoms with E-state index in [1.54, 1.807) is 9.80 Å². The Morgan fingerprint density at radius 3 is 1.94 bits per heavy atom. The summed E-state index contributed by atoms with van der Waals surface area (Å²) in [5.41, 5.74) is 3.25. The van der Waals surface area contributed by atoms with Gasteiger partial charge in [-0.25, -0.2) is 4.79 Å². The Bertz CT molecular complexity index is 1650. The van der Waals surface area contributed by atoms with E-state index in [1.165, 1.54) is 0 Å². The smallest absolute Gasteiger partial charge is 0.335 e. The van der Waals surface area contributed by atoms with E-state index in [9.17, 15) is 24.0 Å². The predicted octanol–water partition coefficient (Wildman–Crippen LogP) is 2.26. The Hall–Kier alpha value is -5.09. The number of imide groups is 1. The minimum atomic E-state index is -0.734. The quantitative estimate of drug-likeness (QED) is 0.0941. The molecule has 0 bridgehead atoms. The number of carbonyl (C=O) groups excluding carboxylic acids is 5. The van der Waals surface area contributed by atoms with Gasteiger partial charge in [-0.2, -0.15) is 0 Å². The first-order chi connectivity index (χ1) is 25.9. The number of anilines is 1. The van der Waals surface area contributed by atoms with Crippen molar-refractivity contribution < 1.29 is 52.5 Å². The summed E-state index contributed by atoms with van der Waals surface area (Å²) in [6.07, 6.45) is 5.15. The second kappa shape index (κ2) is 22.8. The minimum absolute atomic E-state index is 0.00540. The first kappa shape index (κ1) is 40.7. The second-order valence-corrected chi connectivity index (χ2v) is 11.8. The number of amides is 4. The molecular weight excluding hydrogens is 686 g/mol. The summed E-state index contributed by atoms with van der Waals surface area (Å²) in [4.78, 5) is 70.0. The Kier molecular flexibility index (Phi) is 17.5. The molecule has 0 N–H and O–H groups in total. The van der Waals surface area contributed by atoms with Gasteiger partial charge >= 0.3 is 5.97 Å². The molecule has 2 aromatic rings. The summed E-state index contributed by atoms with van der Waals surface area (Å²) in [6.45, 7) is 3.34. The molecule has 2 heterocycles. The molecule has 1 saturated heterocycles. The number of nitrogens with zero attached hydrogens (tertiary/aromatic N) is 3. The molecule has 0 saturated carbocycles. The lowest BCUT2D eigenvalue weighted by molar-refractivity contribution is -0.198. The molecule has 2 aliphatic heterocycles. The Labute approximate surface area is 309 Å². The van der Waals surface area contributed by atoms with Crippen LogP contribution in [0.3, 0.4) is 0 Å². The summed E-state index contributed by atoms with van der Waals surface area (Å²) in [7, 11) is 0. The van der Waals surface area contributed by atoms with E-state index in [1.807, 2.05) is 48.5 Å². The van der Waals surface area contributed by atoms with Crippen molar-refractivity contribution in [3.63, 3.8) is 0 Å². The second-order valence-electron chi connectivity index (χ2n) is 11.8. The van der Waals surface area contributed by atoms with Crippen molar-refractivity contribution in [3.8, 4) is 24.2 Å². The van der Waals surface area contributed by atoms with Gasteiger partial charge in [0.1, 0.15) is 6.61 Å². The van der Waals surface area contributed by atoms with Crippen LogP contribution in [0.2, 0.25) is 0 Å². The Morgan fingerprint density at radius 1 is 0.698 bits per heavy atom. The van der Waals surface area contributed by atoms with Gasteiger partial charge in [-0.15, -0.1) is 11.5 Å². The van der Waals surface area contributed by atoms with Crippen molar-refractivity contribution in [2.45, 2.75) is 38.6 Å². The highest BCUT2D eigenvalue weighted by molar-refractivity contribution is 6.01. The van der Waals surface area contributed by atoms with Gasteiger partial charge in [0.25, 0.3) is 11.8 Å². The number of fused-ring (bicyclic) bond motifs is 2. The average Bonchev–Trinajstić information content (AvgIpc) is 3.47. The van der Waals surface area contributed by atoms with E-state index in [2.05, 4.69) is 17.8 Å². The summed E-state index contributed by atoms with van der Waals surface area (Å²) in [6, 6.07) is 15.2. The average molecular weight is 732 g/mol. The summed E-state index contributed by atoms with van der Waals surface area (Å²) < 4.78 is 27.4. The third-order valence-corrected chi connectivity index (χ3v) is 8.04. The van der Waals surface area contributed by atoms with E-state index >= 15 is 0 Å². The van der Waals surface area contributed by atoms with Crippen LogP contribution in [0.15, 0.2) is 48.5 Å². The van der Waals surface area contributed by atoms with Gasteiger partial charge in [0.2, 0.25) is 11.8 Å². The number of terminal acetylenes is 1. The van der Waals surface area contributed by atoms with Crippen LogP contribution in [-0.2, 0) is 59.0 Å². The van der Waals surface area contributed by atoms with Crippen LogP contribution < -0.4 is 4.90 Å². The van der Waals surface area contributed by atoms with E-state index in [-0.39, 0.29) is 103 Å². The fourth-order valence-electron chi connectivity index (χ4n) is 5.28. The molecule has 14 nitrogen and oxygen atoms in total. The van der Waals surface area contributed by atoms with E-state index in [0.717, 1.165) is 16.7 Å². The number of carbonyl (C=O) groups is 5. The van der Waals surface area contributed by atoms with Crippen LogP contribution in [0.5, 0.6) is 0 Å². The number of hydrogen-bond acceptors (Lipinski definition) is 11.